The van der Waals surface area contributed by atoms with Crippen LogP contribution in [0.15, 0.2) is 36.4 Å². The summed E-state index contributed by atoms with van der Waals surface area (Å²) in [6.07, 6.45) is 2.33. The van der Waals surface area contributed by atoms with Gasteiger partial charge in [0.15, 0.2) is 0 Å². The maximum atomic E-state index is 12.6. The summed E-state index contributed by atoms with van der Waals surface area (Å²) in [5, 5.41) is 8.79. The highest BCUT2D eigenvalue weighted by atomic mass is 32.1. The Balaban J connectivity index is 1.59. The van der Waals surface area contributed by atoms with E-state index in [2.05, 4.69) is 22.5 Å². The van der Waals surface area contributed by atoms with Crippen LogP contribution in [-0.2, 0) is 6.54 Å². The lowest BCUT2D eigenvalue weighted by Gasteiger charge is -2.15. The van der Waals surface area contributed by atoms with Crippen molar-refractivity contribution in [2.45, 2.75) is 32.4 Å². The lowest BCUT2D eigenvalue weighted by atomic mass is 10.2. The third-order valence-corrected chi connectivity index (χ3v) is 5.91. The van der Waals surface area contributed by atoms with Gasteiger partial charge in [-0.15, -0.1) is 11.3 Å². The summed E-state index contributed by atoms with van der Waals surface area (Å²) in [6.45, 7) is 3.20. The highest BCUT2D eigenvalue weighted by Gasteiger charge is 2.31. The average molecular weight is 354 g/mol. The lowest BCUT2D eigenvalue weighted by Crippen LogP contribution is -2.41. The molecule has 0 aliphatic heterocycles. The average Bonchev–Trinajstić information content (AvgIpc) is 3.29. The first kappa shape index (κ1) is 16.3. The molecule has 2 heterocycles. The zero-order chi connectivity index (χ0) is 17.4. The van der Waals surface area contributed by atoms with Crippen LogP contribution in [-0.4, -0.2) is 28.3 Å². The first-order valence-corrected chi connectivity index (χ1v) is 9.49. The minimum absolute atomic E-state index is 0.0192. The molecule has 0 spiro atoms. The quantitative estimate of drug-likeness (QED) is 0.715. The van der Waals surface area contributed by atoms with Gasteiger partial charge in [0.1, 0.15) is 4.83 Å². The van der Waals surface area contributed by atoms with Gasteiger partial charge in [-0.2, -0.15) is 5.10 Å². The molecule has 1 amide bonds. The summed E-state index contributed by atoms with van der Waals surface area (Å²) in [6, 6.07) is 12.3. The fourth-order valence-electron chi connectivity index (χ4n) is 3.20. The molecule has 3 aromatic rings. The Labute approximate surface area is 150 Å². The standard InChI is InChI=1S/C19H22N4OS/c1-12-15-9-17(18(24)21-16(10-20)14-7-8-14)25-19(15)23(22-12)11-13-5-3-2-4-6-13/h2-6,9,14,16H,7-8,10-11,20H2,1H3,(H,21,24). The van der Waals surface area contributed by atoms with E-state index in [1.54, 1.807) is 0 Å². The van der Waals surface area contributed by atoms with Gasteiger partial charge in [0.2, 0.25) is 0 Å². The molecule has 2 aromatic heterocycles. The van der Waals surface area contributed by atoms with Crippen molar-refractivity contribution in [3.8, 4) is 0 Å². The van der Waals surface area contributed by atoms with Crippen molar-refractivity contribution in [2.75, 3.05) is 6.54 Å². The highest BCUT2D eigenvalue weighted by molar-refractivity contribution is 7.20. The smallest absolute Gasteiger partial charge is 0.261 e. The molecule has 5 nitrogen and oxygen atoms in total. The predicted molar refractivity (Wildman–Crippen MR) is 101 cm³/mol. The van der Waals surface area contributed by atoms with E-state index >= 15 is 0 Å². The molecule has 1 aliphatic carbocycles. The number of amides is 1. The van der Waals surface area contributed by atoms with E-state index in [0.717, 1.165) is 20.8 Å². The molecule has 1 unspecified atom stereocenters. The van der Waals surface area contributed by atoms with Crippen molar-refractivity contribution in [3.63, 3.8) is 0 Å². The van der Waals surface area contributed by atoms with Crippen LogP contribution < -0.4 is 11.1 Å². The third-order valence-electron chi connectivity index (χ3n) is 4.77. The largest absolute Gasteiger partial charge is 0.347 e. The number of nitrogens with one attached hydrogen (secondary N) is 1. The van der Waals surface area contributed by atoms with Gasteiger partial charge in [0, 0.05) is 18.0 Å². The predicted octanol–water partition coefficient (Wildman–Crippen LogP) is 2.92. The number of carbonyl (C=O) groups is 1. The molecule has 1 saturated carbocycles. The molecule has 3 N–H and O–H groups in total. The zero-order valence-electron chi connectivity index (χ0n) is 14.2. The Morgan fingerprint density at radius 1 is 1.40 bits per heavy atom. The molecular weight excluding hydrogens is 332 g/mol. The molecule has 1 atom stereocenters. The number of rotatable bonds is 6. The van der Waals surface area contributed by atoms with Crippen LogP contribution in [0.2, 0.25) is 0 Å². The topological polar surface area (TPSA) is 72.9 Å². The minimum atomic E-state index is -0.0192. The molecule has 1 fully saturated rings. The van der Waals surface area contributed by atoms with Crippen molar-refractivity contribution < 1.29 is 4.79 Å². The second-order valence-corrected chi connectivity index (χ2v) is 7.74. The van der Waals surface area contributed by atoms with Gasteiger partial charge in [-0.1, -0.05) is 30.3 Å². The van der Waals surface area contributed by atoms with Gasteiger partial charge in [0.05, 0.1) is 17.1 Å². The Morgan fingerprint density at radius 2 is 2.16 bits per heavy atom. The number of hydrogen-bond donors (Lipinski definition) is 2. The number of hydrogen-bond acceptors (Lipinski definition) is 4. The fraction of sp³-hybridized carbons (Fsp3) is 0.368. The number of carbonyl (C=O) groups excluding carboxylic acids is 1. The van der Waals surface area contributed by atoms with E-state index in [-0.39, 0.29) is 11.9 Å². The Hall–Kier alpha value is -2.18. The van der Waals surface area contributed by atoms with E-state index in [1.165, 1.54) is 29.7 Å². The van der Waals surface area contributed by atoms with E-state index in [4.69, 9.17) is 5.73 Å². The maximum absolute atomic E-state index is 12.6. The lowest BCUT2D eigenvalue weighted by molar-refractivity contribution is 0.0937. The molecule has 1 aliphatic rings. The van der Waals surface area contributed by atoms with E-state index < -0.39 is 0 Å². The minimum Gasteiger partial charge on any atom is -0.347 e. The molecule has 25 heavy (non-hydrogen) atoms. The highest BCUT2D eigenvalue weighted by Crippen LogP contribution is 2.33. The van der Waals surface area contributed by atoms with Crippen LogP contribution in [0.5, 0.6) is 0 Å². The van der Waals surface area contributed by atoms with E-state index in [0.29, 0.717) is 19.0 Å². The van der Waals surface area contributed by atoms with Gasteiger partial charge in [-0.3, -0.25) is 9.48 Å². The number of fused-ring (bicyclic) bond motifs is 1. The number of aromatic nitrogens is 2. The maximum Gasteiger partial charge on any atom is 0.261 e. The van der Waals surface area contributed by atoms with Crippen molar-refractivity contribution in [3.05, 3.63) is 52.5 Å². The Bertz CT molecular complexity index is 895. The summed E-state index contributed by atoms with van der Waals surface area (Å²) in [5.74, 6) is 0.535. The summed E-state index contributed by atoms with van der Waals surface area (Å²) in [7, 11) is 0. The molecule has 0 saturated heterocycles. The van der Waals surface area contributed by atoms with Crippen molar-refractivity contribution >= 4 is 27.5 Å². The summed E-state index contributed by atoms with van der Waals surface area (Å²) in [4.78, 5) is 14.4. The Kier molecular flexibility index (Phi) is 4.31. The Morgan fingerprint density at radius 3 is 2.84 bits per heavy atom. The normalized spacial score (nSPS) is 15.4. The fourth-order valence-corrected chi connectivity index (χ4v) is 4.26. The second-order valence-electron chi connectivity index (χ2n) is 6.71. The molecule has 0 bridgehead atoms. The molecule has 4 rings (SSSR count). The van der Waals surface area contributed by atoms with Gasteiger partial charge in [-0.25, -0.2) is 0 Å². The summed E-state index contributed by atoms with van der Waals surface area (Å²) >= 11 is 1.50. The number of aryl methyl sites for hydroxylation is 1. The van der Waals surface area contributed by atoms with Gasteiger partial charge in [0.25, 0.3) is 5.91 Å². The summed E-state index contributed by atoms with van der Waals surface area (Å²) < 4.78 is 1.99. The van der Waals surface area contributed by atoms with Crippen LogP contribution in [0.3, 0.4) is 0 Å². The van der Waals surface area contributed by atoms with Crippen LogP contribution in [0.25, 0.3) is 10.2 Å². The van der Waals surface area contributed by atoms with Crippen LogP contribution >= 0.6 is 11.3 Å². The number of thiophene rings is 1. The van der Waals surface area contributed by atoms with Crippen LogP contribution in [0.1, 0.15) is 33.8 Å². The van der Waals surface area contributed by atoms with Gasteiger partial charge >= 0.3 is 0 Å². The van der Waals surface area contributed by atoms with Gasteiger partial charge < -0.3 is 11.1 Å². The van der Waals surface area contributed by atoms with Crippen molar-refractivity contribution in [2.24, 2.45) is 11.7 Å². The number of nitrogens with two attached hydrogens (primary N) is 1. The molecule has 6 heteroatoms. The zero-order valence-corrected chi connectivity index (χ0v) is 15.1. The summed E-state index contributed by atoms with van der Waals surface area (Å²) in [5.41, 5.74) is 7.96. The van der Waals surface area contributed by atoms with Gasteiger partial charge in [-0.05, 0) is 37.3 Å². The van der Waals surface area contributed by atoms with E-state index in [9.17, 15) is 4.79 Å². The monoisotopic (exact) mass is 354 g/mol. The van der Waals surface area contributed by atoms with E-state index in [1.807, 2.05) is 35.9 Å². The third kappa shape index (κ3) is 3.32. The molecule has 0 radical (unpaired) electrons. The van der Waals surface area contributed by atoms with Crippen molar-refractivity contribution in [1.29, 1.82) is 0 Å². The molecule has 130 valence electrons. The number of nitrogens with zero attached hydrogens (tertiary/aromatic N) is 2. The first-order valence-electron chi connectivity index (χ1n) is 8.67. The number of benzene rings is 1. The molecule has 1 aromatic carbocycles. The first-order chi connectivity index (χ1) is 12.2. The second kappa shape index (κ2) is 6.61. The van der Waals surface area contributed by atoms with Crippen molar-refractivity contribution in [1.82, 2.24) is 15.1 Å². The van der Waals surface area contributed by atoms with Crippen LogP contribution in [0.4, 0.5) is 0 Å². The van der Waals surface area contributed by atoms with Crippen LogP contribution in [0, 0.1) is 12.8 Å². The molecular formula is C19H22N4OS. The SMILES string of the molecule is Cc1nn(Cc2ccccc2)c2sc(C(=O)NC(CN)C3CC3)cc12.